The normalized spacial score (nSPS) is 22.0. The highest BCUT2D eigenvalue weighted by Gasteiger charge is 2.41. The monoisotopic (exact) mass is 543 g/mol. The molecule has 1 saturated heterocycles. The van der Waals surface area contributed by atoms with Crippen molar-refractivity contribution in [3.63, 3.8) is 0 Å². The number of nitrogens with one attached hydrogen (secondary N) is 2. The topological polar surface area (TPSA) is 107 Å². The molecule has 210 valence electrons. The van der Waals surface area contributed by atoms with Gasteiger partial charge in [0.15, 0.2) is 11.7 Å². The summed E-state index contributed by atoms with van der Waals surface area (Å²) < 4.78 is 31.3. The van der Waals surface area contributed by atoms with E-state index >= 15 is 0 Å². The molecule has 5 rings (SSSR count). The third-order valence-electron chi connectivity index (χ3n) is 7.72. The first-order valence-electron chi connectivity index (χ1n) is 13.6. The Morgan fingerprint density at radius 3 is 2.74 bits per heavy atom. The van der Waals surface area contributed by atoms with Gasteiger partial charge in [-0.15, -0.1) is 0 Å². The number of halogens is 2. The van der Waals surface area contributed by atoms with E-state index in [0.717, 1.165) is 5.56 Å². The largest absolute Gasteiger partial charge is 0.338 e. The number of urea groups is 1. The van der Waals surface area contributed by atoms with Crippen LogP contribution in [0.5, 0.6) is 0 Å². The molecule has 2 aromatic heterocycles. The summed E-state index contributed by atoms with van der Waals surface area (Å²) in [4.78, 5) is 32.3. The molecule has 1 aliphatic carbocycles. The van der Waals surface area contributed by atoms with E-state index in [-0.39, 0.29) is 55.0 Å². The minimum Gasteiger partial charge on any atom is -0.338 e. The standard InChI is InChI=1S/C27H36F2N8O2/c1-17(2)37-21(7-10-31-37)24(38)34-23(19-5-8-27(28,29)9-6-19)20-14-36-22(33-20)11-18(12-32-36)13-35-16-26(3,4)15-30-25(35)39/h7,11-12,14,17,19,23H,5-6,8-10,13,15-16H2,1-4H3,(H-,30,34,38,39)/p+1. The highest BCUT2D eigenvalue weighted by atomic mass is 19.3. The lowest BCUT2D eigenvalue weighted by atomic mass is 9.81. The second kappa shape index (κ2) is 10.3. The van der Waals surface area contributed by atoms with Crippen LogP contribution in [0, 0.1) is 11.3 Å². The average molecular weight is 544 g/mol. The van der Waals surface area contributed by atoms with E-state index in [4.69, 9.17) is 4.98 Å². The first kappa shape index (κ1) is 27.1. The van der Waals surface area contributed by atoms with E-state index in [1.807, 2.05) is 19.9 Å². The Hall–Kier alpha value is -3.44. The lowest BCUT2D eigenvalue weighted by Crippen LogP contribution is -2.54. The van der Waals surface area contributed by atoms with Crippen LogP contribution in [0.4, 0.5) is 13.6 Å². The van der Waals surface area contributed by atoms with Gasteiger partial charge in [0.2, 0.25) is 5.92 Å². The van der Waals surface area contributed by atoms with Gasteiger partial charge in [-0.2, -0.15) is 5.10 Å². The number of hydrogen-bond donors (Lipinski definition) is 2. The maximum atomic E-state index is 14.0. The second-order valence-electron chi connectivity index (χ2n) is 12.0. The summed E-state index contributed by atoms with van der Waals surface area (Å²) in [5, 5.41) is 14.9. The smallest absolute Gasteiger partial charge is 0.318 e. The number of amides is 3. The quantitative estimate of drug-likeness (QED) is 0.514. The van der Waals surface area contributed by atoms with Crippen molar-refractivity contribution in [1.29, 1.82) is 0 Å². The highest BCUT2D eigenvalue weighted by molar-refractivity contribution is 5.91. The van der Waals surface area contributed by atoms with Gasteiger partial charge in [-0.3, -0.25) is 4.79 Å². The average Bonchev–Trinajstić information content (AvgIpc) is 3.52. The number of rotatable bonds is 7. The molecule has 2 aromatic rings. The number of hydrogen-bond acceptors (Lipinski definition) is 5. The molecule has 39 heavy (non-hydrogen) atoms. The van der Waals surface area contributed by atoms with Gasteiger partial charge in [0, 0.05) is 38.6 Å². The molecule has 1 atom stereocenters. The van der Waals surface area contributed by atoms with Crippen molar-refractivity contribution in [3.05, 3.63) is 41.5 Å². The molecular weight excluding hydrogens is 506 g/mol. The zero-order valence-electron chi connectivity index (χ0n) is 23.0. The number of aromatic nitrogens is 3. The van der Waals surface area contributed by atoms with E-state index < -0.39 is 12.0 Å². The summed E-state index contributed by atoms with van der Waals surface area (Å²) in [5.74, 6) is -3.17. The minimum atomic E-state index is -2.68. The third-order valence-corrected chi connectivity index (χ3v) is 7.72. The van der Waals surface area contributed by atoms with Crippen LogP contribution >= 0.6 is 0 Å². The van der Waals surface area contributed by atoms with E-state index in [1.165, 1.54) is 0 Å². The maximum absolute atomic E-state index is 14.0. The first-order valence-corrected chi connectivity index (χ1v) is 13.6. The van der Waals surface area contributed by atoms with Gasteiger partial charge in [0.25, 0.3) is 5.70 Å². The summed E-state index contributed by atoms with van der Waals surface area (Å²) in [6.07, 6.45) is 5.35. The molecular formula is C27H37F2N8O2+. The summed E-state index contributed by atoms with van der Waals surface area (Å²) in [6, 6.07) is 1.22. The molecule has 3 aliphatic rings. The van der Waals surface area contributed by atoms with Crippen LogP contribution < -0.4 is 10.6 Å². The predicted molar refractivity (Wildman–Crippen MR) is 139 cm³/mol. The summed E-state index contributed by atoms with van der Waals surface area (Å²) >= 11 is 0. The summed E-state index contributed by atoms with van der Waals surface area (Å²) in [6.45, 7) is 10.2. The molecule has 12 heteroatoms. The summed E-state index contributed by atoms with van der Waals surface area (Å²) in [5.41, 5.74) is 2.39. The lowest BCUT2D eigenvalue weighted by molar-refractivity contribution is -0.566. The van der Waals surface area contributed by atoms with Gasteiger partial charge in [-0.25, -0.2) is 23.1 Å². The minimum absolute atomic E-state index is 0.0155. The highest BCUT2D eigenvalue weighted by Crippen LogP contribution is 2.41. The molecule has 2 N–H and O–H groups in total. The van der Waals surface area contributed by atoms with Crippen molar-refractivity contribution in [2.45, 2.75) is 77.9 Å². The Balaban J connectivity index is 1.40. The van der Waals surface area contributed by atoms with E-state index in [0.29, 0.717) is 43.2 Å². The number of imidazole rings is 1. The van der Waals surface area contributed by atoms with Crippen molar-refractivity contribution in [2.24, 2.45) is 16.4 Å². The molecule has 2 aliphatic heterocycles. The Kier molecular flexibility index (Phi) is 7.15. The van der Waals surface area contributed by atoms with Gasteiger partial charge in [0.05, 0.1) is 24.1 Å². The Morgan fingerprint density at radius 1 is 1.28 bits per heavy atom. The van der Waals surface area contributed by atoms with Gasteiger partial charge in [-0.05, 0) is 54.8 Å². The maximum Gasteiger partial charge on any atom is 0.318 e. The number of azo groups is 2. The van der Waals surface area contributed by atoms with E-state index in [1.54, 1.807) is 32.6 Å². The van der Waals surface area contributed by atoms with Crippen LogP contribution in [0.15, 0.2) is 35.3 Å². The number of carbonyl (C=O) groups excluding carboxylic acids is 2. The van der Waals surface area contributed by atoms with Crippen molar-refractivity contribution in [3.8, 4) is 0 Å². The Labute approximate surface area is 226 Å². The molecule has 0 radical (unpaired) electrons. The van der Waals surface area contributed by atoms with Crippen molar-refractivity contribution >= 4 is 17.6 Å². The molecule has 10 nitrogen and oxygen atoms in total. The zero-order chi connectivity index (χ0) is 27.9. The molecule has 1 unspecified atom stereocenters. The third kappa shape index (κ3) is 5.94. The summed E-state index contributed by atoms with van der Waals surface area (Å²) in [7, 11) is 0. The number of carbonyl (C=O) groups is 2. The molecule has 0 bridgehead atoms. The van der Waals surface area contributed by atoms with Crippen LogP contribution in [0.1, 0.15) is 70.7 Å². The fraction of sp³-hybridized carbons (Fsp3) is 0.630. The fourth-order valence-corrected chi connectivity index (χ4v) is 5.66. The number of fused-ring (bicyclic) bond motifs is 1. The molecule has 4 heterocycles. The fourth-order valence-electron chi connectivity index (χ4n) is 5.66. The van der Waals surface area contributed by atoms with Crippen LogP contribution in [-0.4, -0.2) is 67.7 Å². The van der Waals surface area contributed by atoms with Gasteiger partial charge < -0.3 is 15.5 Å². The van der Waals surface area contributed by atoms with Crippen LogP contribution in [-0.2, 0) is 11.3 Å². The van der Waals surface area contributed by atoms with Gasteiger partial charge in [-0.1, -0.05) is 18.5 Å². The molecule has 0 spiro atoms. The van der Waals surface area contributed by atoms with Crippen molar-refractivity contribution < 1.29 is 23.1 Å². The Bertz CT molecular complexity index is 1320. The lowest BCUT2D eigenvalue weighted by Gasteiger charge is -2.38. The molecule has 0 aromatic carbocycles. The van der Waals surface area contributed by atoms with Crippen LogP contribution in [0.2, 0.25) is 0 Å². The second-order valence-corrected chi connectivity index (χ2v) is 12.0. The molecule has 3 amide bonds. The van der Waals surface area contributed by atoms with Crippen molar-refractivity contribution in [1.82, 2.24) is 30.1 Å². The van der Waals surface area contributed by atoms with E-state index in [2.05, 4.69) is 34.7 Å². The van der Waals surface area contributed by atoms with Crippen molar-refractivity contribution in [2.75, 3.05) is 19.6 Å². The predicted octanol–water partition coefficient (Wildman–Crippen LogP) is 4.03. The van der Waals surface area contributed by atoms with Gasteiger partial charge in [0.1, 0.15) is 6.54 Å². The van der Waals surface area contributed by atoms with Crippen LogP contribution in [0.25, 0.3) is 5.65 Å². The Morgan fingerprint density at radius 2 is 2.03 bits per heavy atom. The number of alkyl halides is 2. The SMILES string of the molecule is CC(C)[N+]1=NCC=C1C(=O)NC(c1cn2ncc(CN3CC(C)(C)CNC3=O)cc2n1)C1CCC(F)(F)CC1. The molecule has 2 fully saturated rings. The first-order chi connectivity index (χ1) is 18.4. The zero-order valence-corrected chi connectivity index (χ0v) is 23.0. The number of nitrogens with zero attached hydrogens (tertiary/aromatic N) is 6. The molecule has 1 saturated carbocycles. The van der Waals surface area contributed by atoms with Gasteiger partial charge >= 0.3 is 11.9 Å². The van der Waals surface area contributed by atoms with Crippen LogP contribution in [0.3, 0.4) is 0 Å². The van der Waals surface area contributed by atoms with E-state index in [9.17, 15) is 18.4 Å².